The van der Waals surface area contributed by atoms with Gasteiger partial charge in [0.05, 0.1) is 29.1 Å². The Kier molecular flexibility index (Phi) is 8.10. The number of likely N-dealkylation sites (N-methyl/N-ethyl adjacent to an activating group) is 1. The average Bonchev–Trinajstić information content (AvgIpc) is 2.64. The fourth-order valence-electron chi connectivity index (χ4n) is 3.38. The van der Waals surface area contributed by atoms with Crippen molar-refractivity contribution in [2.45, 2.75) is 39.7 Å². The van der Waals surface area contributed by atoms with Gasteiger partial charge < -0.3 is 14.8 Å². The van der Waals surface area contributed by atoms with Crippen LogP contribution in [0.1, 0.15) is 39.2 Å². The van der Waals surface area contributed by atoms with Crippen LogP contribution in [0.4, 0.5) is 0 Å². The summed E-state index contributed by atoms with van der Waals surface area (Å²) in [5.41, 5.74) is 1.71. The molecule has 1 heterocycles. The number of allylic oxidation sites excluding steroid dienone is 3. The molecule has 0 amide bonds. The van der Waals surface area contributed by atoms with Gasteiger partial charge in [-0.1, -0.05) is 29.8 Å². The zero-order valence-electron chi connectivity index (χ0n) is 18.2. The smallest absolute Gasteiger partial charge is 0.337 e. The van der Waals surface area contributed by atoms with Gasteiger partial charge in [0.2, 0.25) is 10.0 Å². The predicted octanol–water partition coefficient (Wildman–Crippen LogP) is 3.39. The molecule has 1 N–H and O–H groups in total. The number of methoxy groups -OCH3 is 1. The van der Waals surface area contributed by atoms with E-state index in [1.165, 1.54) is 18.5 Å². The van der Waals surface area contributed by atoms with Crippen molar-refractivity contribution in [3.63, 3.8) is 0 Å². The number of sulfonamides is 1. The quantitative estimate of drug-likeness (QED) is 0.603. The summed E-state index contributed by atoms with van der Waals surface area (Å²) in [6, 6.07) is 6.92. The molecule has 0 bridgehead atoms. The van der Waals surface area contributed by atoms with Crippen molar-refractivity contribution in [2.75, 3.05) is 27.3 Å². The Morgan fingerprint density at radius 2 is 1.87 bits per heavy atom. The Morgan fingerprint density at radius 1 is 1.23 bits per heavy atom. The topological polar surface area (TPSA) is 84.9 Å². The van der Waals surface area contributed by atoms with E-state index in [0.29, 0.717) is 22.0 Å². The van der Waals surface area contributed by atoms with Crippen molar-refractivity contribution in [1.29, 1.82) is 0 Å². The minimum absolute atomic E-state index is 0.0653. The van der Waals surface area contributed by atoms with Crippen molar-refractivity contribution >= 4 is 27.6 Å². The number of rotatable bonds is 8. The van der Waals surface area contributed by atoms with Gasteiger partial charge in [-0.15, -0.1) is 0 Å². The highest BCUT2D eigenvalue weighted by molar-refractivity contribution is 7.93. The summed E-state index contributed by atoms with van der Waals surface area (Å²) in [7, 11) is -0.959. The monoisotopic (exact) mass is 456 g/mol. The fraction of sp³-hybridized carbons (Fsp3) is 0.476. The summed E-state index contributed by atoms with van der Waals surface area (Å²) in [5.74, 6) is -1.49. The molecule has 1 aromatic rings. The molecule has 1 aromatic carbocycles. The maximum atomic E-state index is 13.5. The molecule has 2 rings (SSSR count). The molecular formula is C21H29ClN2O5S. The van der Waals surface area contributed by atoms with Gasteiger partial charge in [-0.05, 0) is 39.3 Å². The molecule has 9 heteroatoms. The summed E-state index contributed by atoms with van der Waals surface area (Å²) in [4.78, 5) is 13.1. The first-order valence-electron chi connectivity index (χ1n) is 9.61. The van der Waals surface area contributed by atoms with E-state index in [2.05, 4.69) is 5.32 Å². The van der Waals surface area contributed by atoms with Crippen LogP contribution in [0.3, 0.4) is 0 Å². The van der Waals surface area contributed by atoms with Gasteiger partial charge in [-0.2, -0.15) is 4.31 Å². The van der Waals surface area contributed by atoms with Crippen LogP contribution in [0.2, 0.25) is 5.02 Å². The molecule has 1 atom stereocenters. The molecule has 7 nitrogen and oxygen atoms in total. The van der Waals surface area contributed by atoms with E-state index >= 15 is 0 Å². The van der Waals surface area contributed by atoms with Gasteiger partial charge in [0.15, 0.2) is 0 Å². The van der Waals surface area contributed by atoms with E-state index in [0.717, 1.165) is 0 Å². The normalized spacial score (nSPS) is 17.6. The fourth-order valence-corrected chi connectivity index (χ4v) is 5.26. The van der Waals surface area contributed by atoms with Gasteiger partial charge in [0.25, 0.3) is 0 Å². The Balaban J connectivity index is 2.72. The number of carbonyl (C=O) groups is 1. The van der Waals surface area contributed by atoms with Crippen LogP contribution in [0, 0.1) is 0 Å². The third-order valence-electron chi connectivity index (χ3n) is 4.78. The first-order chi connectivity index (χ1) is 14.0. The second kappa shape index (κ2) is 9.96. The number of nitrogens with one attached hydrogen (secondary N) is 1. The molecule has 0 fully saturated rings. The van der Waals surface area contributed by atoms with Crippen LogP contribution < -0.4 is 5.32 Å². The van der Waals surface area contributed by atoms with Crippen molar-refractivity contribution in [2.24, 2.45) is 0 Å². The number of ether oxygens (including phenoxy) is 2. The number of carbonyl (C=O) groups excluding carboxylic acids is 1. The second-order valence-corrected chi connectivity index (χ2v) is 9.80. The molecule has 166 valence electrons. The molecule has 0 spiro atoms. The van der Waals surface area contributed by atoms with E-state index in [1.807, 2.05) is 0 Å². The molecule has 30 heavy (non-hydrogen) atoms. The molecule has 0 aromatic heterocycles. The summed E-state index contributed by atoms with van der Waals surface area (Å²) in [5, 5.41) is 3.42. The number of hydrogen-bond acceptors (Lipinski definition) is 6. The van der Waals surface area contributed by atoms with Crippen molar-refractivity contribution in [3.05, 3.63) is 56.7 Å². The highest BCUT2D eigenvalue weighted by Crippen LogP contribution is 2.44. The van der Waals surface area contributed by atoms with Gasteiger partial charge in [-0.3, -0.25) is 0 Å². The third-order valence-corrected chi connectivity index (χ3v) is 7.22. The predicted molar refractivity (Wildman–Crippen MR) is 117 cm³/mol. The highest BCUT2D eigenvalue weighted by Gasteiger charge is 2.42. The Labute approximate surface area is 183 Å². The van der Waals surface area contributed by atoms with E-state index in [4.69, 9.17) is 21.1 Å². The lowest BCUT2D eigenvalue weighted by molar-refractivity contribution is -0.143. The van der Waals surface area contributed by atoms with Gasteiger partial charge in [0.1, 0.15) is 0 Å². The van der Waals surface area contributed by atoms with E-state index in [-0.39, 0.29) is 29.7 Å². The Hall–Kier alpha value is -1.87. The van der Waals surface area contributed by atoms with Gasteiger partial charge in [0, 0.05) is 37.1 Å². The number of hydrogen-bond donors (Lipinski definition) is 1. The zero-order chi connectivity index (χ0) is 22.6. The van der Waals surface area contributed by atoms with E-state index in [9.17, 15) is 13.2 Å². The largest absolute Gasteiger partial charge is 0.460 e. The second-order valence-electron chi connectivity index (χ2n) is 7.38. The minimum Gasteiger partial charge on any atom is -0.460 e. The molecule has 0 aliphatic carbocycles. The van der Waals surface area contributed by atoms with Crippen molar-refractivity contribution in [3.8, 4) is 0 Å². The maximum Gasteiger partial charge on any atom is 0.337 e. The number of halogens is 1. The molecule has 0 saturated carbocycles. The molecule has 0 saturated heterocycles. The lowest BCUT2D eigenvalue weighted by atomic mass is 9.86. The first-order valence-corrected chi connectivity index (χ1v) is 11.4. The lowest BCUT2D eigenvalue weighted by Gasteiger charge is -2.33. The van der Waals surface area contributed by atoms with Gasteiger partial charge >= 0.3 is 5.97 Å². The SMILES string of the molecule is COCCN(C)S(=O)(=O)C1=C(C)NC(C)=C(C(=O)OC(C)C)C1c1ccccc1Cl. The number of benzene rings is 1. The standard InChI is InChI=1S/C21H29ClN2O5S/c1-13(2)29-21(25)18-14(3)23-15(4)20(30(26,27)24(5)11-12-28-6)19(18)16-9-7-8-10-17(16)22/h7-10,13,19,23H,11-12H2,1-6H3. The minimum atomic E-state index is -3.95. The van der Waals surface area contributed by atoms with Crippen LogP contribution in [0.25, 0.3) is 0 Å². The highest BCUT2D eigenvalue weighted by atomic mass is 35.5. The number of nitrogens with zero attached hydrogens (tertiary/aromatic N) is 1. The average molecular weight is 457 g/mol. The molecule has 1 aliphatic heterocycles. The van der Waals surface area contributed by atoms with Crippen molar-refractivity contribution in [1.82, 2.24) is 9.62 Å². The zero-order valence-corrected chi connectivity index (χ0v) is 19.7. The third kappa shape index (κ3) is 5.06. The lowest BCUT2D eigenvalue weighted by Crippen LogP contribution is -2.38. The summed E-state index contributed by atoms with van der Waals surface area (Å²) in [6.07, 6.45) is -0.360. The van der Waals surface area contributed by atoms with Crippen LogP contribution in [0.5, 0.6) is 0 Å². The van der Waals surface area contributed by atoms with Crippen LogP contribution in [-0.4, -0.2) is 52.1 Å². The summed E-state index contributed by atoms with van der Waals surface area (Å²) >= 11 is 6.46. The van der Waals surface area contributed by atoms with E-state index < -0.39 is 21.9 Å². The summed E-state index contributed by atoms with van der Waals surface area (Å²) < 4.78 is 38.8. The van der Waals surface area contributed by atoms with Gasteiger partial charge in [-0.25, -0.2) is 13.2 Å². The van der Waals surface area contributed by atoms with Crippen LogP contribution in [-0.2, 0) is 24.3 Å². The molecule has 1 unspecified atom stereocenters. The first kappa shape index (κ1) is 24.4. The molecule has 1 aliphatic rings. The maximum absolute atomic E-state index is 13.5. The Bertz CT molecular complexity index is 969. The van der Waals surface area contributed by atoms with Crippen LogP contribution in [0.15, 0.2) is 46.1 Å². The van der Waals surface area contributed by atoms with Crippen LogP contribution >= 0.6 is 11.6 Å². The number of esters is 1. The van der Waals surface area contributed by atoms with E-state index in [1.54, 1.807) is 52.0 Å². The Morgan fingerprint density at radius 3 is 2.43 bits per heavy atom. The van der Waals surface area contributed by atoms with Crippen molar-refractivity contribution < 1.29 is 22.7 Å². The molecular weight excluding hydrogens is 428 g/mol. The molecule has 0 radical (unpaired) electrons. The summed E-state index contributed by atoms with van der Waals surface area (Å²) in [6.45, 7) is 7.29. The number of dihydropyridines is 1.